The van der Waals surface area contributed by atoms with Crippen LogP contribution in [0.2, 0.25) is 0 Å². The summed E-state index contributed by atoms with van der Waals surface area (Å²) in [4.78, 5) is 45.7. The van der Waals surface area contributed by atoms with E-state index in [9.17, 15) is 14.4 Å². The number of hydrogen-bond acceptors (Lipinski definition) is 7. The lowest BCUT2D eigenvalue weighted by Crippen LogP contribution is -2.40. The fraction of sp³-hybridized carbons (Fsp3) is 0.371. The topological polar surface area (TPSA) is 159 Å². The molecule has 1 fully saturated rings. The van der Waals surface area contributed by atoms with Crippen molar-refractivity contribution in [1.29, 1.82) is 0 Å². The van der Waals surface area contributed by atoms with Crippen molar-refractivity contribution in [1.82, 2.24) is 33.8 Å². The molecule has 0 aliphatic carbocycles. The van der Waals surface area contributed by atoms with E-state index in [1.165, 1.54) is 6.33 Å². The van der Waals surface area contributed by atoms with Gasteiger partial charge in [0.2, 0.25) is 11.3 Å². The van der Waals surface area contributed by atoms with Crippen LogP contribution in [-0.2, 0) is 11.8 Å². The van der Waals surface area contributed by atoms with Crippen molar-refractivity contribution in [2.24, 2.45) is 18.7 Å². The maximum absolute atomic E-state index is 14.0. The number of benzene rings is 1. The summed E-state index contributed by atoms with van der Waals surface area (Å²) >= 11 is 0. The molecule has 0 atom stereocenters. The molecule has 244 valence electrons. The number of anilines is 1. The van der Waals surface area contributed by atoms with Gasteiger partial charge in [0.15, 0.2) is 5.82 Å². The zero-order chi connectivity index (χ0) is 33.7. The number of nitrogens with two attached hydrogens (primary N) is 2. The number of hydrogen-bond donors (Lipinski definition) is 2. The number of carbonyl (C=O) groups excluding carboxylic acids is 2. The van der Waals surface area contributed by atoms with Crippen LogP contribution in [0.25, 0.3) is 39.2 Å². The highest BCUT2D eigenvalue weighted by Gasteiger charge is 2.30. The maximum Gasteiger partial charge on any atom is 0.254 e. The van der Waals surface area contributed by atoms with Gasteiger partial charge >= 0.3 is 0 Å². The van der Waals surface area contributed by atoms with Crippen LogP contribution in [0.3, 0.4) is 0 Å². The average molecular weight is 636 g/mol. The minimum atomic E-state index is -0.791. The quantitative estimate of drug-likeness (QED) is 0.265. The fourth-order valence-corrected chi connectivity index (χ4v) is 7.06. The van der Waals surface area contributed by atoms with Crippen molar-refractivity contribution in [3.8, 4) is 33.6 Å². The van der Waals surface area contributed by atoms with E-state index in [0.717, 1.165) is 29.7 Å². The van der Waals surface area contributed by atoms with Gasteiger partial charge < -0.3 is 20.9 Å². The lowest BCUT2D eigenvalue weighted by Gasteiger charge is -2.33. The van der Waals surface area contributed by atoms with Crippen LogP contribution in [-0.4, -0.2) is 58.7 Å². The van der Waals surface area contributed by atoms with Gasteiger partial charge in [-0.25, -0.2) is 9.50 Å². The first-order valence-electron chi connectivity index (χ1n) is 16.0. The molecular formula is C35H41N9O3. The smallest absolute Gasteiger partial charge is 0.254 e. The predicted molar refractivity (Wildman–Crippen MR) is 182 cm³/mol. The first-order chi connectivity index (χ1) is 22.4. The third-order valence-corrected chi connectivity index (χ3v) is 9.29. The van der Waals surface area contributed by atoms with E-state index in [1.807, 2.05) is 72.9 Å². The van der Waals surface area contributed by atoms with Crippen LogP contribution < -0.4 is 16.9 Å². The number of aryl methyl sites for hydroxylation is 1. The molecule has 5 heterocycles. The van der Waals surface area contributed by atoms with Crippen molar-refractivity contribution in [3.63, 3.8) is 0 Å². The van der Waals surface area contributed by atoms with Gasteiger partial charge in [0, 0.05) is 61.2 Å². The Balaban J connectivity index is 1.44. The third kappa shape index (κ3) is 5.37. The molecule has 0 radical (unpaired) electrons. The second-order valence-electron chi connectivity index (χ2n) is 12.9. The number of likely N-dealkylation sites (tertiary alicyclic amines) is 1. The van der Waals surface area contributed by atoms with Crippen LogP contribution in [0.15, 0.2) is 53.7 Å². The van der Waals surface area contributed by atoms with Crippen molar-refractivity contribution < 1.29 is 9.59 Å². The number of fused-ring (bicyclic) bond motifs is 1. The number of rotatable bonds is 7. The Morgan fingerprint density at radius 1 is 0.979 bits per heavy atom. The van der Waals surface area contributed by atoms with Gasteiger partial charge in [-0.1, -0.05) is 38.1 Å². The lowest BCUT2D eigenvalue weighted by atomic mass is 9.92. The zero-order valence-corrected chi connectivity index (χ0v) is 27.7. The fourth-order valence-electron chi connectivity index (χ4n) is 7.06. The average Bonchev–Trinajstić information content (AvgIpc) is 3.64. The van der Waals surface area contributed by atoms with Crippen molar-refractivity contribution in [2.75, 3.05) is 18.8 Å². The Bertz CT molecular complexity index is 2060. The maximum atomic E-state index is 14.0. The molecule has 0 bridgehead atoms. The number of nitrogen functional groups attached to an aromatic ring is 1. The summed E-state index contributed by atoms with van der Waals surface area (Å²) < 4.78 is 5.49. The molecule has 0 unspecified atom stereocenters. The Labute approximate surface area is 273 Å². The SMILES string of the molecule is Cc1c(-c2ccnn2C)c(=O)c(C(N)=O)c(-c2ccc(-c3cc(C4CCN(C(=O)C(C)C)CC4)n4ncnc(N)c34)cc2)n1C(C)C. The highest BCUT2D eigenvalue weighted by Crippen LogP contribution is 2.38. The van der Waals surface area contributed by atoms with Crippen molar-refractivity contribution >= 4 is 23.1 Å². The van der Waals surface area contributed by atoms with Gasteiger partial charge in [-0.2, -0.15) is 10.2 Å². The summed E-state index contributed by atoms with van der Waals surface area (Å²) in [7, 11) is 1.76. The van der Waals surface area contributed by atoms with Gasteiger partial charge in [-0.05, 0) is 56.9 Å². The number of piperidine rings is 1. The number of carbonyl (C=O) groups is 2. The Kier molecular flexibility index (Phi) is 8.20. The molecule has 5 aromatic rings. The summed E-state index contributed by atoms with van der Waals surface area (Å²) in [5, 5.41) is 8.81. The van der Waals surface area contributed by atoms with E-state index in [-0.39, 0.29) is 29.3 Å². The van der Waals surface area contributed by atoms with E-state index in [0.29, 0.717) is 52.6 Å². The summed E-state index contributed by atoms with van der Waals surface area (Å²) in [6, 6.07) is 11.5. The molecule has 4 N–H and O–H groups in total. The lowest BCUT2D eigenvalue weighted by molar-refractivity contribution is -0.135. The summed E-state index contributed by atoms with van der Waals surface area (Å²) in [5.74, 6) is -0.0784. The van der Waals surface area contributed by atoms with Gasteiger partial charge in [0.1, 0.15) is 17.4 Å². The van der Waals surface area contributed by atoms with Crippen LogP contribution in [0.5, 0.6) is 0 Å². The van der Waals surface area contributed by atoms with Crippen LogP contribution in [0, 0.1) is 12.8 Å². The summed E-state index contributed by atoms with van der Waals surface area (Å²) in [5.41, 5.74) is 18.2. The van der Waals surface area contributed by atoms with Gasteiger partial charge in [-0.3, -0.25) is 19.1 Å². The zero-order valence-electron chi connectivity index (χ0n) is 27.7. The van der Waals surface area contributed by atoms with Crippen LogP contribution >= 0.6 is 0 Å². The third-order valence-electron chi connectivity index (χ3n) is 9.29. The molecule has 1 saturated heterocycles. The molecule has 1 aliphatic heterocycles. The van der Waals surface area contributed by atoms with Crippen LogP contribution in [0.1, 0.15) is 74.2 Å². The Morgan fingerprint density at radius 3 is 2.21 bits per heavy atom. The minimum absolute atomic E-state index is 0.0278. The van der Waals surface area contributed by atoms with Crippen molar-refractivity contribution in [2.45, 2.75) is 59.4 Å². The molecule has 12 nitrogen and oxygen atoms in total. The molecule has 1 aromatic carbocycles. The number of pyridine rings is 1. The summed E-state index contributed by atoms with van der Waals surface area (Å²) in [6.07, 6.45) is 4.73. The molecule has 12 heteroatoms. The monoisotopic (exact) mass is 635 g/mol. The van der Waals surface area contributed by atoms with Gasteiger partial charge in [0.05, 0.1) is 17.0 Å². The number of nitrogens with zero attached hydrogens (tertiary/aromatic N) is 7. The largest absolute Gasteiger partial charge is 0.382 e. The first-order valence-corrected chi connectivity index (χ1v) is 16.0. The van der Waals surface area contributed by atoms with Crippen molar-refractivity contribution in [3.05, 3.63) is 76.1 Å². The molecule has 4 aromatic heterocycles. The van der Waals surface area contributed by atoms with E-state index < -0.39 is 11.3 Å². The number of amides is 2. The second-order valence-corrected chi connectivity index (χ2v) is 12.9. The first kappa shape index (κ1) is 31.7. The van der Waals surface area contributed by atoms with E-state index in [2.05, 4.69) is 21.2 Å². The molecule has 0 saturated carbocycles. The second kappa shape index (κ2) is 12.2. The van der Waals surface area contributed by atoms with Gasteiger partial charge in [0.25, 0.3) is 5.91 Å². The Hall–Kier alpha value is -5.26. The molecule has 6 rings (SSSR count). The highest BCUT2D eigenvalue weighted by atomic mass is 16.2. The molecular weight excluding hydrogens is 594 g/mol. The molecule has 0 spiro atoms. The number of aromatic nitrogens is 6. The standard InChI is InChI=1S/C35H41N9O3/c1-19(2)35(47)42-15-12-23(13-16-42)27-17-25(31-33(36)38-18-40-44(27)31)22-7-9-24(10-8-22)30-29(34(37)46)32(45)28(21(5)43(30)20(3)4)26-11-14-39-41(26)6/h7-11,14,17-20,23H,12-13,15-16H2,1-6H3,(H2,37,46)(H2,36,38,40). The Morgan fingerprint density at radius 2 is 1.64 bits per heavy atom. The van der Waals surface area contributed by atoms with E-state index in [4.69, 9.17) is 11.5 Å². The minimum Gasteiger partial charge on any atom is -0.382 e. The normalized spacial score (nSPS) is 14.1. The molecule has 2 amide bonds. The van der Waals surface area contributed by atoms with E-state index >= 15 is 0 Å². The number of primary amides is 1. The highest BCUT2D eigenvalue weighted by molar-refractivity contribution is 6.00. The van der Waals surface area contributed by atoms with Crippen LogP contribution in [0.4, 0.5) is 5.82 Å². The predicted octanol–water partition coefficient (Wildman–Crippen LogP) is 4.56. The molecule has 47 heavy (non-hydrogen) atoms. The summed E-state index contributed by atoms with van der Waals surface area (Å²) in [6.45, 7) is 11.1. The van der Waals surface area contributed by atoms with Gasteiger partial charge in [-0.15, -0.1) is 0 Å². The van der Waals surface area contributed by atoms with E-state index in [1.54, 1.807) is 24.0 Å². The molecule has 1 aliphatic rings.